The Hall–Kier alpha value is -1.46. The summed E-state index contributed by atoms with van der Waals surface area (Å²) in [5, 5.41) is 10.8. The maximum Gasteiger partial charge on any atom is 0.416 e. The van der Waals surface area contributed by atoms with Gasteiger partial charge in [-0.15, -0.1) is 0 Å². The van der Waals surface area contributed by atoms with Gasteiger partial charge in [0.25, 0.3) is 0 Å². The molecular formula is C21H33NO3S. The fourth-order valence-corrected chi connectivity index (χ4v) is 3.69. The van der Waals surface area contributed by atoms with Crippen molar-refractivity contribution >= 4 is 17.9 Å². The molecule has 146 valence electrons. The van der Waals surface area contributed by atoms with Gasteiger partial charge >= 0.3 is 6.09 Å². The maximum atomic E-state index is 12.7. The summed E-state index contributed by atoms with van der Waals surface area (Å²) in [4.78, 5) is 15.4. The molecule has 1 amide bonds. The molecule has 0 spiro atoms. The van der Waals surface area contributed by atoms with E-state index in [1.807, 2.05) is 84.9 Å². The first-order valence-electron chi connectivity index (χ1n) is 9.26. The quantitative estimate of drug-likeness (QED) is 0.477. The van der Waals surface area contributed by atoms with Crippen LogP contribution in [-0.2, 0) is 4.74 Å². The summed E-state index contributed by atoms with van der Waals surface area (Å²) in [5.41, 5.74) is 0. The number of aliphatic hydroxyl groups excluding tert-OH is 1. The van der Waals surface area contributed by atoms with Crippen molar-refractivity contribution in [1.29, 1.82) is 0 Å². The van der Waals surface area contributed by atoms with Crippen molar-refractivity contribution in [3.8, 4) is 0 Å². The van der Waals surface area contributed by atoms with Crippen molar-refractivity contribution in [3.05, 3.63) is 41.5 Å². The van der Waals surface area contributed by atoms with Crippen molar-refractivity contribution in [2.75, 3.05) is 0 Å². The van der Waals surface area contributed by atoms with Crippen LogP contribution in [0.5, 0.6) is 0 Å². The Kier molecular flexibility index (Phi) is 9.23. The van der Waals surface area contributed by atoms with E-state index in [0.29, 0.717) is 5.09 Å². The summed E-state index contributed by atoms with van der Waals surface area (Å²) in [5.74, 6) is 0.00307. The highest BCUT2D eigenvalue weighted by Crippen LogP contribution is 2.30. The lowest BCUT2D eigenvalue weighted by Crippen LogP contribution is -2.42. The van der Waals surface area contributed by atoms with Crippen LogP contribution in [0.1, 0.15) is 48.5 Å². The molecule has 0 aliphatic rings. The molecule has 4 nitrogen and oxygen atoms in total. The Morgan fingerprint density at radius 3 is 2.04 bits per heavy atom. The van der Waals surface area contributed by atoms with Crippen LogP contribution < -0.4 is 0 Å². The van der Waals surface area contributed by atoms with Crippen molar-refractivity contribution in [1.82, 2.24) is 4.90 Å². The van der Waals surface area contributed by atoms with E-state index in [2.05, 4.69) is 0 Å². The minimum Gasteiger partial charge on any atom is -0.403 e. The van der Waals surface area contributed by atoms with Crippen LogP contribution in [-0.4, -0.2) is 34.3 Å². The number of aliphatic hydroxyl groups is 1. The number of ether oxygens (including phenoxy) is 1. The van der Waals surface area contributed by atoms with Crippen LogP contribution in [0.15, 0.2) is 46.4 Å². The first-order valence-corrected chi connectivity index (χ1v) is 10.1. The molecule has 0 radical (unpaired) electrons. The van der Waals surface area contributed by atoms with Crippen LogP contribution in [0.3, 0.4) is 0 Å². The van der Waals surface area contributed by atoms with E-state index in [9.17, 15) is 9.90 Å². The third-order valence-corrected chi connectivity index (χ3v) is 5.02. The Balaban J connectivity index is 3.05. The smallest absolute Gasteiger partial charge is 0.403 e. The largest absolute Gasteiger partial charge is 0.416 e. The Morgan fingerprint density at radius 1 is 1.04 bits per heavy atom. The summed E-state index contributed by atoms with van der Waals surface area (Å²) in [6.07, 6.45) is 0.987. The SMILES string of the molecule is CC(C)[C@H](O)[C@H](C)/C=C(\OC(=O)N(C(C)C)C(C)C)Sc1ccccc1. The number of nitrogens with zero attached hydrogens (tertiary/aromatic N) is 1. The van der Waals surface area contributed by atoms with E-state index in [1.165, 1.54) is 11.8 Å². The van der Waals surface area contributed by atoms with Crippen LogP contribution in [0.25, 0.3) is 0 Å². The zero-order valence-electron chi connectivity index (χ0n) is 17.0. The average molecular weight is 380 g/mol. The maximum absolute atomic E-state index is 12.7. The monoisotopic (exact) mass is 379 g/mol. The van der Waals surface area contributed by atoms with Crippen LogP contribution in [0.4, 0.5) is 4.79 Å². The summed E-state index contributed by atoms with van der Waals surface area (Å²) >= 11 is 1.40. The second kappa shape index (κ2) is 10.6. The second-order valence-corrected chi connectivity index (χ2v) is 8.54. The van der Waals surface area contributed by atoms with Crippen molar-refractivity contribution < 1.29 is 14.6 Å². The Bertz CT molecular complexity index is 576. The number of thioether (sulfide) groups is 1. The molecule has 0 unspecified atom stereocenters. The Morgan fingerprint density at radius 2 is 1.58 bits per heavy atom. The van der Waals surface area contributed by atoms with E-state index in [-0.39, 0.29) is 30.0 Å². The van der Waals surface area contributed by atoms with Crippen molar-refractivity contribution in [2.45, 2.75) is 71.5 Å². The van der Waals surface area contributed by atoms with E-state index >= 15 is 0 Å². The predicted molar refractivity (Wildman–Crippen MR) is 109 cm³/mol. The van der Waals surface area contributed by atoms with Gasteiger partial charge in [0.05, 0.1) is 6.10 Å². The zero-order chi connectivity index (χ0) is 19.9. The van der Waals surface area contributed by atoms with E-state index in [0.717, 1.165) is 4.90 Å². The molecule has 0 aliphatic heterocycles. The molecule has 0 aromatic heterocycles. The van der Waals surface area contributed by atoms with Gasteiger partial charge in [-0.1, -0.05) is 50.7 Å². The highest BCUT2D eigenvalue weighted by Gasteiger charge is 2.24. The highest BCUT2D eigenvalue weighted by molar-refractivity contribution is 8.02. The van der Waals surface area contributed by atoms with E-state index in [1.54, 1.807) is 4.90 Å². The van der Waals surface area contributed by atoms with E-state index < -0.39 is 6.10 Å². The number of hydrogen-bond acceptors (Lipinski definition) is 4. The topological polar surface area (TPSA) is 49.8 Å². The summed E-state index contributed by atoms with van der Waals surface area (Å²) in [7, 11) is 0. The normalized spacial score (nSPS) is 14.7. The number of hydrogen-bond donors (Lipinski definition) is 1. The first kappa shape index (κ1) is 22.6. The first-order chi connectivity index (χ1) is 12.1. The number of rotatable bonds is 8. The number of amides is 1. The number of carbonyl (C=O) groups is 1. The van der Waals surface area contributed by atoms with Gasteiger partial charge < -0.3 is 14.7 Å². The molecule has 0 saturated heterocycles. The predicted octanol–water partition coefficient (Wildman–Crippen LogP) is 5.53. The lowest BCUT2D eigenvalue weighted by Gasteiger charge is -2.30. The molecule has 0 bridgehead atoms. The molecule has 0 aliphatic carbocycles. The minimum absolute atomic E-state index is 0.0455. The fourth-order valence-electron chi connectivity index (χ4n) is 2.77. The highest BCUT2D eigenvalue weighted by atomic mass is 32.2. The molecule has 0 fully saturated rings. The van der Waals surface area contributed by atoms with E-state index in [4.69, 9.17) is 4.74 Å². The third kappa shape index (κ3) is 7.04. The number of benzene rings is 1. The fraction of sp³-hybridized carbons (Fsp3) is 0.571. The van der Waals surface area contributed by atoms with Crippen molar-refractivity contribution in [3.63, 3.8) is 0 Å². The van der Waals surface area contributed by atoms with Gasteiger partial charge in [0.1, 0.15) is 0 Å². The van der Waals surface area contributed by atoms with Gasteiger partial charge in [-0.3, -0.25) is 0 Å². The van der Waals surface area contributed by atoms with Crippen LogP contribution in [0.2, 0.25) is 0 Å². The molecule has 0 heterocycles. The van der Waals surface area contributed by atoms with Gasteiger partial charge in [0.15, 0.2) is 5.09 Å². The minimum atomic E-state index is -0.494. The zero-order valence-corrected chi connectivity index (χ0v) is 17.8. The van der Waals surface area contributed by atoms with Crippen molar-refractivity contribution in [2.24, 2.45) is 11.8 Å². The van der Waals surface area contributed by atoms with Gasteiger partial charge in [0.2, 0.25) is 0 Å². The van der Waals surface area contributed by atoms with Gasteiger partial charge in [-0.2, -0.15) is 0 Å². The second-order valence-electron chi connectivity index (χ2n) is 7.46. The molecule has 1 N–H and O–H groups in total. The number of carbonyl (C=O) groups excluding carboxylic acids is 1. The molecular weight excluding hydrogens is 346 g/mol. The lowest BCUT2D eigenvalue weighted by molar-refractivity contribution is 0.0870. The Labute approximate surface area is 162 Å². The third-order valence-electron chi connectivity index (χ3n) is 4.09. The van der Waals surface area contributed by atoms with Gasteiger partial charge in [0, 0.05) is 22.9 Å². The summed E-state index contributed by atoms with van der Waals surface area (Å²) in [6.45, 7) is 13.8. The van der Waals surface area contributed by atoms with Gasteiger partial charge in [-0.05, 0) is 51.8 Å². The lowest BCUT2D eigenvalue weighted by atomic mass is 9.95. The average Bonchev–Trinajstić information content (AvgIpc) is 2.53. The summed E-state index contributed by atoms with van der Waals surface area (Å²) in [6, 6.07) is 9.88. The molecule has 5 heteroatoms. The molecule has 26 heavy (non-hydrogen) atoms. The van der Waals surface area contributed by atoms with Gasteiger partial charge in [-0.25, -0.2) is 4.79 Å². The molecule has 1 rings (SSSR count). The van der Waals surface area contributed by atoms with Crippen LogP contribution >= 0.6 is 11.8 Å². The van der Waals surface area contributed by atoms with Crippen LogP contribution in [0, 0.1) is 11.8 Å². The molecule has 1 aromatic carbocycles. The molecule has 2 atom stereocenters. The molecule has 1 aromatic rings. The molecule has 0 saturated carbocycles. The standard InChI is InChI=1S/C21H33NO3S/c1-14(2)20(23)17(7)13-19(26-18-11-9-8-10-12-18)25-21(24)22(15(3)4)16(5)6/h8-17,20,23H,1-7H3/b19-13+/t17-,20+/m1/s1. The summed E-state index contributed by atoms with van der Waals surface area (Å²) < 4.78 is 5.74.